The summed E-state index contributed by atoms with van der Waals surface area (Å²) in [6.07, 6.45) is -5.68. The maximum absolute atomic E-state index is 13.5. The van der Waals surface area contributed by atoms with Gasteiger partial charge in [0.15, 0.2) is 11.8 Å². The second-order valence-electron chi connectivity index (χ2n) is 6.74. The van der Waals surface area contributed by atoms with E-state index >= 15 is 0 Å². The number of carbonyl (C=O) groups excluding carboxylic acids is 1. The van der Waals surface area contributed by atoms with E-state index < -0.39 is 23.8 Å². The molecule has 2 heterocycles. The molecule has 2 aromatic heterocycles. The van der Waals surface area contributed by atoms with Crippen molar-refractivity contribution in [3.05, 3.63) is 47.2 Å². The Morgan fingerprint density at radius 2 is 2.03 bits per heavy atom. The summed E-state index contributed by atoms with van der Waals surface area (Å²) in [5.41, 5.74) is 0.139. The van der Waals surface area contributed by atoms with Gasteiger partial charge in [0.2, 0.25) is 5.88 Å². The van der Waals surface area contributed by atoms with Gasteiger partial charge < -0.3 is 14.8 Å². The Morgan fingerprint density at radius 1 is 1.30 bits per heavy atom. The van der Waals surface area contributed by atoms with E-state index in [2.05, 4.69) is 15.4 Å². The van der Waals surface area contributed by atoms with Crippen molar-refractivity contribution >= 4 is 16.9 Å². The average molecular weight is 422 g/mol. The van der Waals surface area contributed by atoms with Crippen LogP contribution in [0.15, 0.2) is 30.3 Å². The van der Waals surface area contributed by atoms with Gasteiger partial charge >= 0.3 is 6.18 Å². The van der Waals surface area contributed by atoms with Gasteiger partial charge in [0.05, 0.1) is 23.8 Å². The highest BCUT2D eigenvalue weighted by Crippen LogP contribution is 2.37. The number of amides is 1. The molecule has 30 heavy (non-hydrogen) atoms. The van der Waals surface area contributed by atoms with Crippen LogP contribution in [0.5, 0.6) is 11.6 Å². The van der Waals surface area contributed by atoms with Gasteiger partial charge in [-0.2, -0.15) is 23.3 Å². The summed E-state index contributed by atoms with van der Waals surface area (Å²) < 4.78 is 52.4. The molecule has 0 radical (unpaired) electrons. The van der Waals surface area contributed by atoms with Crippen LogP contribution in [0.4, 0.5) is 13.2 Å². The zero-order valence-corrected chi connectivity index (χ0v) is 16.9. The fourth-order valence-electron chi connectivity index (χ4n) is 3.06. The lowest BCUT2D eigenvalue weighted by atomic mass is 10.1. The van der Waals surface area contributed by atoms with Gasteiger partial charge in [0.1, 0.15) is 5.75 Å². The zero-order valence-electron chi connectivity index (χ0n) is 16.9. The normalized spacial score (nSPS) is 12.6. The predicted molar refractivity (Wildman–Crippen MR) is 103 cm³/mol. The van der Waals surface area contributed by atoms with Crippen LogP contribution < -0.4 is 14.8 Å². The van der Waals surface area contributed by atoms with Gasteiger partial charge in [-0.3, -0.25) is 9.48 Å². The van der Waals surface area contributed by atoms with Gasteiger partial charge in [-0.25, -0.2) is 0 Å². The number of halogens is 3. The number of hydrogen-bond donors (Lipinski definition) is 1. The minimum Gasteiger partial charge on any atom is -0.497 e. The molecule has 3 aromatic rings. The van der Waals surface area contributed by atoms with E-state index in [0.717, 1.165) is 11.6 Å². The summed E-state index contributed by atoms with van der Waals surface area (Å²) in [6.45, 7) is 3.13. The topological polar surface area (TPSA) is 78.3 Å². The molecule has 0 aliphatic carbocycles. The number of pyridine rings is 1. The first-order chi connectivity index (χ1) is 14.1. The molecule has 0 saturated carbocycles. The summed E-state index contributed by atoms with van der Waals surface area (Å²) in [5, 5.41) is 6.60. The number of ether oxygens (including phenoxy) is 2. The number of hydrogen-bond acceptors (Lipinski definition) is 5. The minimum absolute atomic E-state index is 0.0290. The Kier molecular flexibility index (Phi) is 5.86. The van der Waals surface area contributed by atoms with Crippen LogP contribution in [0, 0.1) is 6.92 Å². The summed E-state index contributed by atoms with van der Waals surface area (Å²) in [6, 6.07) is 7.93. The number of carbonyl (C=O) groups is 1. The lowest BCUT2D eigenvalue weighted by molar-refractivity contribution is -0.136. The van der Waals surface area contributed by atoms with Crippen molar-refractivity contribution in [2.24, 2.45) is 7.05 Å². The molecule has 0 spiro atoms. The smallest absolute Gasteiger partial charge is 0.417 e. The van der Waals surface area contributed by atoms with Crippen molar-refractivity contribution in [3.63, 3.8) is 0 Å². The molecule has 3 rings (SSSR count). The molecule has 1 N–H and O–H groups in total. The second kappa shape index (κ2) is 8.21. The molecular formula is C20H21F3N4O3. The highest BCUT2D eigenvalue weighted by molar-refractivity contribution is 5.84. The SMILES string of the molecule is COc1cccc(CNC(=O)[C@H](C)Oc2cc(C(F)(F)F)c3c(C)nn(C)c3n2)c1. The van der Waals surface area contributed by atoms with Crippen molar-refractivity contribution in [1.82, 2.24) is 20.1 Å². The number of nitrogens with one attached hydrogen (secondary N) is 1. The molecule has 160 valence electrons. The number of rotatable bonds is 6. The van der Waals surface area contributed by atoms with Crippen LogP contribution in [-0.2, 0) is 24.6 Å². The van der Waals surface area contributed by atoms with E-state index in [1.54, 1.807) is 18.2 Å². The first-order valence-corrected chi connectivity index (χ1v) is 9.09. The van der Waals surface area contributed by atoms with Gasteiger partial charge in [0.25, 0.3) is 5.91 Å². The van der Waals surface area contributed by atoms with Crippen LogP contribution in [0.25, 0.3) is 11.0 Å². The Hall–Kier alpha value is -3.30. The predicted octanol–water partition coefficient (Wildman–Crippen LogP) is 3.39. The Morgan fingerprint density at radius 3 is 2.70 bits per heavy atom. The largest absolute Gasteiger partial charge is 0.497 e. The molecule has 0 aliphatic rings. The monoisotopic (exact) mass is 422 g/mol. The second-order valence-corrected chi connectivity index (χ2v) is 6.74. The first kappa shape index (κ1) is 21.4. The number of benzene rings is 1. The van der Waals surface area contributed by atoms with Gasteiger partial charge in [-0.1, -0.05) is 12.1 Å². The Labute approximate surface area is 170 Å². The lowest BCUT2D eigenvalue weighted by Crippen LogP contribution is -2.36. The highest BCUT2D eigenvalue weighted by Gasteiger charge is 2.36. The van der Waals surface area contributed by atoms with Crippen molar-refractivity contribution in [2.45, 2.75) is 32.7 Å². The van der Waals surface area contributed by atoms with E-state index in [9.17, 15) is 18.0 Å². The first-order valence-electron chi connectivity index (χ1n) is 9.09. The van der Waals surface area contributed by atoms with Crippen molar-refractivity contribution in [3.8, 4) is 11.6 Å². The summed E-state index contributed by atoms with van der Waals surface area (Å²) >= 11 is 0. The lowest BCUT2D eigenvalue weighted by Gasteiger charge is -2.16. The van der Waals surface area contributed by atoms with Gasteiger partial charge in [-0.05, 0) is 31.5 Å². The van der Waals surface area contributed by atoms with Crippen LogP contribution in [-0.4, -0.2) is 33.9 Å². The fourth-order valence-corrected chi connectivity index (χ4v) is 3.06. The quantitative estimate of drug-likeness (QED) is 0.659. The summed E-state index contributed by atoms with van der Waals surface area (Å²) in [7, 11) is 3.03. The van der Waals surface area contributed by atoms with Crippen molar-refractivity contribution < 1.29 is 27.4 Å². The maximum atomic E-state index is 13.5. The van der Waals surface area contributed by atoms with Crippen molar-refractivity contribution in [2.75, 3.05) is 7.11 Å². The molecule has 0 fully saturated rings. The number of aromatic nitrogens is 3. The van der Waals surface area contributed by atoms with E-state index in [4.69, 9.17) is 9.47 Å². The molecule has 0 aliphatic heterocycles. The van der Waals surface area contributed by atoms with Crippen LogP contribution >= 0.6 is 0 Å². The molecule has 1 amide bonds. The third kappa shape index (κ3) is 4.47. The number of methoxy groups -OCH3 is 1. The standard InChI is InChI=1S/C20H21F3N4O3/c1-11-17-15(20(21,22)23)9-16(25-18(17)27(3)26-11)30-12(2)19(28)24-10-13-6-5-7-14(8-13)29-4/h5-9,12H,10H2,1-4H3,(H,24,28)/t12-/m0/s1. The van der Waals surface area contributed by atoms with E-state index in [1.165, 1.54) is 32.7 Å². The van der Waals surface area contributed by atoms with Crippen LogP contribution in [0.1, 0.15) is 23.7 Å². The number of aryl methyl sites for hydroxylation is 2. The molecule has 1 aromatic carbocycles. The molecular weight excluding hydrogens is 401 g/mol. The van der Waals surface area contributed by atoms with Crippen LogP contribution in [0.3, 0.4) is 0 Å². The maximum Gasteiger partial charge on any atom is 0.417 e. The molecule has 0 bridgehead atoms. The van der Waals surface area contributed by atoms with E-state index in [-0.39, 0.29) is 29.2 Å². The molecule has 10 heteroatoms. The Balaban J connectivity index is 1.78. The number of alkyl halides is 3. The number of fused-ring (bicyclic) bond motifs is 1. The van der Waals surface area contributed by atoms with Crippen LogP contribution in [0.2, 0.25) is 0 Å². The molecule has 7 nitrogen and oxygen atoms in total. The molecule has 0 saturated heterocycles. The fraction of sp³-hybridized carbons (Fsp3) is 0.350. The third-order valence-corrected chi connectivity index (χ3v) is 4.52. The minimum atomic E-state index is -4.62. The Bertz CT molecular complexity index is 1080. The summed E-state index contributed by atoms with van der Waals surface area (Å²) in [5.74, 6) is -0.147. The van der Waals surface area contributed by atoms with Crippen molar-refractivity contribution in [1.29, 1.82) is 0 Å². The number of nitrogens with zero attached hydrogens (tertiary/aromatic N) is 3. The summed E-state index contributed by atoms with van der Waals surface area (Å²) in [4.78, 5) is 16.5. The third-order valence-electron chi connectivity index (χ3n) is 4.52. The molecule has 1 atom stereocenters. The van der Waals surface area contributed by atoms with E-state index in [0.29, 0.717) is 5.75 Å². The molecule has 0 unspecified atom stereocenters. The average Bonchev–Trinajstić information content (AvgIpc) is 2.98. The zero-order chi connectivity index (χ0) is 22.1. The van der Waals surface area contributed by atoms with Gasteiger partial charge in [-0.15, -0.1) is 0 Å². The van der Waals surface area contributed by atoms with E-state index in [1.807, 2.05) is 6.07 Å². The van der Waals surface area contributed by atoms with Gasteiger partial charge in [0, 0.05) is 19.7 Å². The highest BCUT2D eigenvalue weighted by atomic mass is 19.4.